The number of β-amino-alcohol motifs (C(OH)–C–C–N with tert-alkyl or cyclic N) is 1. The second-order valence-corrected chi connectivity index (χ2v) is 6.14. The van der Waals surface area contributed by atoms with Gasteiger partial charge in [-0.05, 0) is 5.56 Å². The summed E-state index contributed by atoms with van der Waals surface area (Å²) in [5.74, 6) is 0.437. The van der Waals surface area contributed by atoms with Gasteiger partial charge in [-0.15, -0.1) is 0 Å². The second-order valence-electron chi connectivity index (χ2n) is 6.14. The number of aliphatic hydroxyl groups is 1. The van der Waals surface area contributed by atoms with Crippen LogP contribution in [0.5, 0.6) is 0 Å². The molecular weight excluding hydrogens is 336 g/mol. The molecule has 3 aromatic rings. The van der Waals surface area contributed by atoms with Gasteiger partial charge >= 0.3 is 5.69 Å². The molecule has 0 atom stereocenters. The van der Waals surface area contributed by atoms with Crippen molar-refractivity contribution in [2.75, 3.05) is 18.2 Å². The van der Waals surface area contributed by atoms with E-state index in [0.29, 0.717) is 23.7 Å². The Hall–Kier alpha value is -3.20. The molecule has 9 nitrogen and oxygen atoms in total. The first-order chi connectivity index (χ1) is 12.5. The van der Waals surface area contributed by atoms with Gasteiger partial charge in [0.1, 0.15) is 0 Å². The van der Waals surface area contributed by atoms with E-state index in [1.54, 1.807) is 16.6 Å². The number of rotatable bonds is 3. The van der Waals surface area contributed by atoms with Crippen molar-refractivity contribution in [3.05, 3.63) is 56.7 Å². The van der Waals surface area contributed by atoms with Gasteiger partial charge in [-0.1, -0.05) is 30.3 Å². The summed E-state index contributed by atoms with van der Waals surface area (Å²) in [6, 6.07) is 9.63. The summed E-state index contributed by atoms with van der Waals surface area (Å²) >= 11 is 0. The summed E-state index contributed by atoms with van der Waals surface area (Å²) in [6.45, 7) is 0.463. The van der Waals surface area contributed by atoms with Crippen LogP contribution in [-0.2, 0) is 20.6 Å². The van der Waals surface area contributed by atoms with Crippen molar-refractivity contribution in [3.63, 3.8) is 0 Å². The number of hydrogen-bond donors (Lipinski definition) is 1. The van der Waals surface area contributed by atoms with Crippen LogP contribution in [0.2, 0.25) is 0 Å². The standard InChI is InChI=1S/C17H18N6O3/c1-20-14-13(15(25)21(2)17(20)26)22-10-12(11-6-4-3-5-7-11)19-23(8-9-24)16(22)18-14/h3-7,24H,8-10H2,1-2H3. The summed E-state index contributed by atoms with van der Waals surface area (Å²) in [7, 11) is 3.03. The quantitative estimate of drug-likeness (QED) is 0.693. The van der Waals surface area contributed by atoms with Gasteiger partial charge in [0.2, 0.25) is 5.95 Å². The Morgan fingerprint density at radius 3 is 2.54 bits per heavy atom. The zero-order valence-corrected chi connectivity index (χ0v) is 14.5. The normalized spacial score (nSPS) is 13.8. The maximum absolute atomic E-state index is 12.7. The first kappa shape index (κ1) is 16.3. The molecule has 0 fully saturated rings. The Kier molecular flexibility index (Phi) is 3.73. The minimum absolute atomic E-state index is 0.119. The number of anilines is 1. The molecule has 0 bridgehead atoms. The summed E-state index contributed by atoms with van der Waals surface area (Å²) in [4.78, 5) is 29.4. The molecule has 0 saturated heterocycles. The lowest BCUT2D eigenvalue weighted by molar-refractivity contribution is 0.301. The monoisotopic (exact) mass is 354 g/mol. The Bertz CT molecular complexity index is 1140. The Balaban J connectivity index is 1.99. The largest absolute Gasteiger partial charge is 0.394 e. The second kappa shape index (κ2) is 5.95. The van der Waals surface area contributed by atoms with Crippen molar-refractivity contribution in [1.82, 2.24) is 18.7 Å². The van der Waals surface area contributed by atoms with E-state index >= 15 is 0 Å². The van der Waals surface area contributed by atoms with Gasteiger partial charge in [-0.3, -0.25) is 18.5 Å². The van der Waals surface area contributed by atoms with E-state index < -0.39 is 11.2 Å². The molecule has 134 valence electrons. The van der Waals surface area contributed by atoms with Gasteiger partial charge in [-0.25, -0.2) is 9.80 Å². The zero-order valence-electron chi connectivity index (χ0n) is 14.5. The van der Waals surface area contributed by atoms with Gasteiger partial charge in [0.15, 0.2) is 11.2 Å². The van der Waals surface area contributed by atoms with Crippen LogP contribution in [0, 0.1) is 0 Å². The lowest BCUT2D eigenvalue weighted by Gasteiger charge is -2.25. The third kappa shape index (κ3) is 2.28. The molecule has 2 aromatic heterocycles. The molecule has 0 spiro atoms. The number of nitrogens with zero attached hydrogens (tertiary/aromatic N) is 6. The van der Waals surface area contributed by atoms with E-state index in [9.17, 15) is 14.7 Å². The fraction of sp³-hybridized carbons (Fsp3) is 0.294. The molecule has 0 amide bonds. The lowest BCUT2D eigenvalue weighted by Crippen LogP contribution is -2.38. The minimum Gasteiger partial charge on any atom is -0.394 e. The van der Waals surface area contributed by atoms with Crippen LogP contribution in [0.15, 0.2) is 45.0 Å². The SMILES string of the molecule is Cn1c(=O)c2c(nc3n2CC(c2ccccc2)=NN3CCO)n(C)c1=O. The van der Waals surface area contributed by atoms with Crippen LogP contribution >= 0.6 is 0 Å². The van der Waals surface area contributed by atoms with E-state index in [2.05, 4.69) is 10.1 Å². The number of aryl methyl sites for hydroxylation is 1. The maximum Gasteiger partial charge on any atom is 0.332 e. The molecule has 1 aliphatic rings. The molecule has 0 aliphatic carbocycles. The highest BCUT2D eigenvalue weighted by molar-refractivity contribution is 6.02. The average molecular weight is 354 g/mol. The fourth-order valence-corrected chi connectivity index (χ4v) is 3.18. The minimum atomic E-state index is -0.434. The number of aromatic nitrogens is 4. The van der Waals surface area contributed by atoms with Crippen LogP contribution in [0.1, 0.15) is 5.56 Å². The molecule has 0 saturated carbocycles. The molecule has 1 N–H and O–H groups in total. The van der Waals surface area contributed by atoms with Crippen LogP contribution in [-0.4, -0.2) is 42.7 Å². The number of imidazole rings is 1. The summed E-state index contributed by atoms with van der Waals surface area (Å²) < 4.78 is 4.17. The van der Waals surface area contributed by atoms with E-state index in [0.717, 1.165) is 15.8 Å². The van der Waals surface area contributed by atoms with Crippen molar-refractivity contribution in [1.29, 1.82) is 0 Å². The van der Waals surface area contributed by atoms with Gasteiger partial charge in [-0.2, -0.15) is 10.1 Å². The third-order valence-electron chi connectivity index (χ3n) is 4.53. The molecule has 3 heterocycles. The van der Waals surface area contributed by atoms with Gasteiger partial charge in [0.25, 0.3) is 5.56 Å². The highest BCUT2D eigenvalue weighted by Crippen LogP contribution is 2.24. The number of fused-ring (bicyclic) bond motifs is 3. The molecule has 0 radical (unpaired) electrons. The first-order valence-electron chi connectivity index (χ1n) is 8.20. The summed E-state index contributed by atoms with van der Waals surface area (Å²) in [5.41, 5.74) is 1.48. The van der Waals surface area contributed by atoms with E-state index in [1.807, 2.05) is 30.3 Å². The Morgan fingerprint density at radius 2 is 1.85 bits per heavy atom. The average Bonchev–Trinajstić information content (AvgIpc) is 3.05. The predicted molar refractivity (Wildman–Crippen MR) is 97.6 cm³/mol. The smallest absolute Gasteiger partial charge is 0.332 e. The van der Waals surface area contributed by atoms with Crippen LogP contribution in [0.3, 0.4) is 0 Å². The molecular formula is C17H18N6O3. The third-order valence-corrected chi connectivity index (χ3v) is 4.53. The van der Waals surface area contributed by atoms with Gasteiger partial charge < -0.3 is 5.11 Å². The number of benzene rings is 1. The van der Waals surface area contributed by atoms with Crippen LogP contribution < -0.4 is 16.3 Å². The molecule has 26 heavy (non-hydrogen) atoms. The number of hydrazone groups is 1. The van der Waals surface area contributed by atoms with Crippen molar-refractivity contribution < 1.29 is 5.11 Å². The zero-order chi connectivity index (χ0) is 18.4. The van der Waals surface area contributed by atoms with E-state index in [-0.39, 0.29) is 13.2 Å². The fourth-order valence-electron chi connectivity index (χ4n) is 3.18. The number of hydrogen-bond acceptors (Lipinski definition) is 6. The van der Waals surface area contributed by atoms with Gasteiger partial charge in [0.05, 0.1) is 25.4 Å². The van der Waals surface area contributed by atoms with Crippen molar-refractivity contribution >= 4 is 22.8 Å². The molecule has 4 rings (SSSR count). The topological polar surface area (TPSA) is 97.7 Å². The van der Waals surface area contributed by atoms with Crippen molar-refractivity contribution in [3.8, 4) is 0 Å². The lowest BCUT2D eigenvalue weighted by atomic mass is 10.1. The van der Waals surface area contributed by atoms with Crippen molar-refractivity contribution in [2.45, 2.75) is 6.54 Å². The highest BCUT2D eigenvalue weighted by atomic mass is 16.3. The highest BCUT2D eigenvalue weighted by Gasteiger charge is 2.27. The van der Waals surface area contributed by atoms with E-state index in [4.69, 9.17) is 0 Å². The maximum atomic E-state index is 12.7. The molecule has 9 heteroatoms. The summed E-state index contributed by atoms with van der Waals surface area (Å²) in [6.07, 6.45) is 0. The van der Waals surface area contributed by atoms with Crippen molar-refractivity contribution in [2.24, 2.45) is 19.2 Å². The van der Waals surface area contributed by atoms with E-state index in [1.165, 1.54) is 11.6 Å². The Morgan fingerprint density at radius 1 is 1.12 bits per heavy atom. The molecule has 1 aromatic carbocycles. The van der Waals surface area contributed by atoms with Crippen LogP contribution in [0.25, 0.3) is 11.2 Å². The predicted octanol–water partition coefficient (Wildman–Crippen LogP) is -0.350. The summed E-state index contributed by atoms with van der Waals surface area (Å²) in [5, 5.41) is 15.6. The van der Waals surface area contributed by atoms with Gasteiger partial charge in [0, 0.05) is 14.1 Å². The molecule has 0 unspecified atom stereocenters. The first-order valence-corrected chi connectivity index (χ1v) is 8.20. The number of aliphatic hydroxyl groups excluding tert-OH is 1. The Labute approximate surface area is 148 Å². The molecule has 1 aliphatic heterocycles. The van der Waals surface area contributed by atoms with Crippen LogP contribution in [0.4, 0.5) is 5.95 Å².